The molecule has 0 radical (unpaired) electrons. The third-order valence-corrected chi connectivity index (χ3v) is 2.62. The smallest absolute Gasteiger partial charge is 0.255 e. The summed E-state index contributed by atoms with van der Waals surface area (Å²) in [5.41, 5.74) is 2.99. The molecule has 0 atom stereocenters. The van der Waals surface area contributed by atoms with Gasteiger partial charge in [0.15, 0.2) is 0 Å². The summed E-state index contributed by atoms with van der Waals surface area (Å²) in [6.07, 6.45) is 0. The van der Waals surface area contributed by atoms with Gasteiger partial charge < -0.3 is 4.57 Å². The summed E-state index contributed by atoms with van der Waals surface area (Å²) in [5.74, 6) is 0.519. The highest BCUT2D eigenvalue weighted by atomic mass is 32.1. The van der Waals surface area contributed by atoms with Crippen LogP contribution < -0.4 is 5.56 Å². The molecule has 0 aliphatic rings. The summed E-state index contributed by atoms with van der Waals surface area (Å²) in [6.45, 7) is 6.62. The third kappa shape index (κ3) is 1.80. The van der Waals surface area contributed by atoms with Crippen LogP contribution in [0, 0.1) is 13.8 Å². The minimum absolute atomic E-state index is 0.106. The lowest BCUT2D eigenvalue weighted by Gasteiger charge is -2.11. The van der Waals surface area contributed by atoms with Crippen molar-refractivity contribution in [3.8, 4) is 0 Å². The number of aryl methyl sites for hydroxylation is 2. The molecular formula is C10H15NOS. The molecule has 1 aromatic heterocycles. The van der Waals surface area contributed by atoms with Gasteiger partial charge >= 0.3 is 0 Å². The summed E-state index contributed by atoms with van der Waals surface area (Å²) in [4.78, 5) is 11.8. The number of hydrogen-bond acceptors (Lipinski definition) is 2. The summed E-state index contributed by atoms with van der Waals surface area (Å²) in [5, 5.41) is 0. The normalized spacial score (nSPS) is 10.5. The van der Waals surface area contributed by atoms with Crippen LogP contribution in [-0.4, -0.2) is 4.57 Å². The van der Waals surface area contributed by atoms with E-state index in [0.717, 1.165) is 23.4 Å². The van der Waals surface area contributed by atoms with Gasteiger partial charge in [0.1, 0.15) is 0 Å². The Morgan fingerprint density at radius 2 is 2.08 bits per heavy atom. The average Bonchev–Trinajstić information content (AvgIpc) is 2.04. The fraction of sp³-hybridized carbons (Fsp3) is 0.500. The molecule has 0 saturated carbocycles. The Labute approximate surface area is 84.0 Å². The molecule has 2 nitrogen and oxygen atoms in total. The minimum atomic E-state index is 0.106. The van der Waals surface area contributed by atoms with Crippen LogP contribution in [0.5, 0.6) is 0 Å². The van der Waals surface area contributed by atoms with Crippen molar-refractivity contribution in [3.63, 3.8) is 0 Å². The van der Waals surface area contributed by atoms with Gasteiger partial charge in [0.25, 0.3) is 5.56 Å². The number of aromatic nitrogens is 1. The van der Waals surface area contributed by atoms with Crippen LogP contribution in [0.3, 0.4) is 0 Å². The van der Waals surface area contributed by atoms with Crippen LogP contribution in [0.25, 0.3) is 0 Å². The van der Waals surface area contributed by atoms with E-state index in [0.29, 0.717) is 5.75 Å². The van der Waals surface area contributed by atoms with Crippen molar-refractivity contribution in [2.45, 2.75) is 33.1 Å². The first kappa shape index (κ1) is 10.4. The molecule has 1 rings (SSSR count). The molecule has 0 aliphatic heterocycles. The van der Waals surface area contributed by atoms with E-state index in [9.17, 15) is 4.79 Å². The molecule has 0 amide bonds. The lowest BCUT2D eigenvalue weighted by molar-refractivity contribution is 0.692. The first-order valence-corrected chi connectivity index (χ1v) is 5.05. The largest absolute Gasteiger partial charge is 0.313 e. The third-order valence-electron chi connectivity index (χ3n) is 2.30. The van der Waals surface area contributed by atoms with Gasteiger partial charge in [-0.1, -0.05) is 0 Å². The van der Waals surface area contributed by atoms with Gasteiger partial charge in [0.05, 0.1) is 0 Å². The van der Waals surface area contributed by atoms with Gasteiger partial charge in [-0.2, -0.15) is 12.6 Å². The van der Waals surface area contributed by atoms with E-state index in [4.69, 9.17) is 0 Å². The predicted octanol–water partition coefficient (Wildman–Crippen LogP) is 1.91. The molecule has 13 heavy (non-hydrogen) atoms. The van der Waals surface area contributed by atoms with Gasteiger partial charge in [-0.3, -0.25) is 4.79 Å². The zero-order chi connectivity index (χ0) is 10.0. The first-order valence-electron chi connectivity index (χ1n) is 4.42. The SMILES string of the molecule is CCn1c(C)cc(C)c(CS)c1=O. The van der Waals surface area contributed by atoms with Gasteiger partial charge in [0, 0.05) is 23.6 Å². The van der Waals surface area contributed by atoms with Crippen molar-refractivity contribution in [2.75, 3.05) is 0 Å². The van der Waals surface area contributed by atoms with E-state index in [-0.39, 0.29) is 5.56 Å². The van der Waals surface area contributed by atoms with Crippen LogP contribution in [0.1, 0.15) is 23.7 Å². The second kappa shape index (κ2) is 4.01. The summed E-state index contributed by atoms with van der Waals surface area (Å²) in [6, 6.07) is 2.04. The number of nitrogens with zero attached hydrogens (tertiary/aromatic N) is 1. The zero-order valence-corrected chi connectivity index (χ0v) is 9.19. The number of thiol groups is 1. The second-order valence-corrected chi connectivity index (χ2v) is 3.47. The van der Waals surface area contributed by atoms with E-state index in [1.165, 1.54) is 0 Å². The number of pyridine rings is 1. The molecule has 0 saturated heterocycles. The molecule has 0 spiro atoms. The highest BCUT2D eigenvalue weighted by Crippen LogP contribution is 2.07. The molecule has 0 bridgehead atoms. The van der Waals surface area contributed by atoms with E-state index in [1.807, 2.05) is 26.8 Å². The molecule has 3 heteroatoms. The molecule has 0 aliphatic carbocycles. The highest BCUT2D eigenvalue weighted by molar-refractivity contribution is 7.79. The van der Waals surface area contributed by atoms with Crippen LogP contribution in [0.2, 0.25) is 0 Å². The fourth-order valence-electron chi connectivity index (χ4n) is 1.56. The maximum absolute atomic E-state index is 11.8. The Morgan fingerprint density at radius 1 is 1.46 bits per heavy atom. The van der Waals surface area contributed by atoms with Crippen molar-refractivity contribution in [1.82, 2.24) is 4.57 Å². The molecular weight excluding hydrogens is 182 g/mol. The summed E-state index contributed by atoms with van der Waals surface area (Å²) < 4.78 is 1.78. The van der Waals surface area contributed by atoms with Crippen LogP contribution in [0.4, 0.5) is 0 Å². The molecule has 0 aromatic carbocycles. The second-order valence-electron chi connectivity index (χ2n) is 3.15. The Bertz CT molecular complexity index is 337. The van der Waals surface area contributed by atoms with Crippen LogP contribution in [0.15, 0.2) is 10.9 Å². The fourth-order valence-corrected chi connectivity index (χ4v) is 1.94. The van der Waals surface area contributed by atoms with Crippen molar-refractivity contribution in [3.05, 3.63) is 33.2 Å². The lowest BCUT2D eigenvalue weighted by Crippen LogP contribution is -2.25. The van der Waals surface area contributed by atoms with E-state index < -0.39 is 0 Å². The van der Waals surface area contributed by atoms with Crippen LogP contribution >= 0.6 is 12.6 Å². The lowest BCUT2D eigenvalue weighted by atomic mass is 10.1. The Hall–Kier alpha value is -0.700. The zero-order valence-electron chi connectivity index (χ0n) is 8.29. The Balaban J connectivity index is 3.49. The quantitative estimate of drug-likeness (QED) is 0.719. The van der Waals surface area contributed by atoms with E-state index in [2.05, 4.69) is 12.6 Å². The molecule has 1 heterocycles. The predicted molar refractivity (Wildman–Crippen MR) is 58.5 cm³/mol. The number of hydrogen-bond donors (Lipinski definition) is 1. The Kier molecular flexibility index (Phi) is 3.20. The van der Waals surface area contributed by atoms with Gasteiger partial charge in [-0.05, 0) is 32.4 Å². The average molecular weight is 197 g/mol. The molecule has 0 N–H and O–H groups in total. The molecule has 72 valence electrons. The standard InChI is InChI=1S/C10H15NOS/c1-4-11-8(3)5-7(2)9(6-13)10(11)12/h5,13H,4,6H2,1-3H3. The summed E-state index contributed by atoms with van der Waals surface area (Å²) in [7, 11) is 0. The van der Waals surface area contributed by atoms with Gasteiger partial charge in [-0.15, -0.1) is 0 Å². The molecule has 0 unspecified atom stereocenters. The van der Waals surface area contributed by atoms with Crippen molar-refractivity contribution in [1.29, 1.82) is 0 Å². The van der Waals surface area contributed by atoms with E-state index >= 15 is 0 Å². The van der Waals surface area contributed by atoms with Crippen LogP contribution in [-0.2, 0) is 12.3 Å². The van der Waals surface area contributed by atoms with Crippen molar-refractivity contribution < 1.29 is 0 Å². The number of rotatable bonds is 2. The van der Waals surface area contributed by atoms with Crippen molar-refractivity contribution >= 4 is 12.6 Å². The molecule has 1 aromatic rings. The monoisotopic (exact) mass is 197 g/mol. The maximum atomic E-state index is 11.8. The maximum Gasteiger partial charge on any atom is 0.255 e. The first-order chi connectivity index (χ1) is 6.11. The van der Waals surface area contributed by atoms with Crippen molar-refractivity contribution in [2.24, 2.45) is 0 Å². The van der Waals surface area contributed by atoms with Gasteiger partial charge in [0.2, 0.25) is 0 Å². The van der Waals surface area contributed by atoms with Gasteiger partial charge in [-0.25, -0.2) is 0 Å². The Morgan fingerprint density at radius 3 is 2.54 bits per heavy atom. The highest BCUT2D eigenvalue weighted by Gasteiger charge is 2.06. The summed E-state index contributed by atoms with van der Waals surface area (Å²) >= 11 is 4.16. The minimum Gasteiger partial charge on any atom is -0.313 e. The van der Waals surface area contributed by atoms with E-state index in [1.54, 1.807) is 4.57 Å². The topological polar surface area (TPSA) is 22.0 Å². The molecule has 0 fully saturated rings.